The number of methoxy groups -OCH3 is 1. The number of carbonyl (C=O) groups is 2. The molecule has 0 aliphatic carbocycles. The third kappa shape index (κ3) is 4.52. The minimum atomic E-state index is -4.02. The van der Waals surface area contributed by atoms with Crippen molar-refractivity contribution in [1.82, 2.24) is 9.62 Å². The van der Waals surface area contributed by atoms with Crippen molar-refractivity contribution < 1.29 is 36.3 Å². The molecular weight excluding hydrogens is 446 g/mol. The summed E-state index contributed by atoms with van der Waals surface area (Å²) in [4.78, 5) is 24.7. The van der Waals surface area contributed by atoms with Crippen molar-refractivity contribution >= 4 is 21.8 Å². The van der Waals surface area contributed by atoms with Crippen molar-refractivity contribution in [2.24, 2.45) is 0 Å². The molecule has 0 unspecified atom stereocenters. The molecule has 11 heteroatoms. The summed E-state index contributed by atoms with van der Waals surface area (Å²) in [5, 5.41) is 2.65. The van der Waals surface area contributed by atoms with Crippen LogP contribution in [0.5, 0.6) is 11.5 Å². The first-order valence-electron chi connectivity index (χ1n) is 9.69. The van der Waals surface area contributed by atoms with Gasteiger partial charge in [0.15, 0.2) is 11.5 Å². The topological polar surface area (TPSA) is 102 Å². The minimum Gasteiger partial charge on any atom is -0.493 e. The molecule has 1 N–H and O–H groups in total. The number of carbonyl (C=O) groups excluding carboxylic acids is 2. The molecule has 32 heavy (non-hydrogen) atoms. The Balaban J connectivity index is 1.70. The normalized spacial score (nSPS) is 14.6. The van der Waals surface area contributed by atoms with Gasteiger partial charge in [-0.3, -0.25) is 9.59 Å². The van der Waals surface area contributed by atoms with E-state index in [1.54, 1.807) is 19.9 Å². The van der Waals surface area contributed by atoms with Crippen LogP contribution in [0.25, 0.3) is 0 Å². The molecule has 0 saturated heterocycles. The second-order valence-electron chi connectivity index (χ2n) is 7.28. The van der Waals surface area contributed by atoms with Crippen LogP contribution in [0.3, 0.4) is 0 Å². The highest BCUT2D eigenvalue weighted by Gasteiger charge is 2.42. The number of ether oxygens (including phenoxy) is 2. The van der Waals surface area contributed by atoms with E-state index in [2.05, 4.69) is 10.1 Å². The number of nitrogens with zero attached hydrogens (tertiary/aromatic N) is 1. The number of alkyl halides is 2. The van der Waals surface area contributed by atoms with Crippen LogP contribution in [0.15, 0.2) is 41.3 Å². The van der Waals surface area contributed by atoms with E-state index in [0.29, 0.717) is 12.0 Å². The molecule has 2 aromatic carbocycles. The molecule has 2 amide bonds. The van der Waals surface area contributed by atoms with Gasteiger partial charge in [-0.25, -0.2) is 12.7 Å². The number of nitrogens with one attached hydrogen (secondary N) is 1. The summed E-state index contributed by atoms with van der Waals surface area (Å²) in [6, 6.07) is 7.86. The van der Waals surface area contributed by atoms with Crippen LogP contribution in [-0.4, -0.2) is 50.8 Å². The summed E-state index contributed by atoms with van der Waals surface area (Å²) in [5.41, 5.74) is 0.735. The van der Waals surface area contributed by atoms with Gasteiger partial charge in [-0.2, -0.15) is 8.78 Å². The van der Waals surface area contributed by atoms with Gasteiger partial charge >= 0.3 is 6.61 Å². The van der Waals surface area contributed by atoms with Gasteiger partial charge in [0.05, 0.1) is 12.7 Å². The maximum atomic E-state index is 12.7. The predicted molar refractivity (Wildman–Crippen MR) is 111 cm³/mol. The summed E-state index contributed by atoms with van der Waals surface area (Å²) < 4.78 is 60.7. The van der Waals surface area contributed by atoms with E-state index in [1.807, 2.05) is 0 Å². The number of rotatable bonds is 8. The van der Waals surface area contributed by atoms with E-state index in [4.69, 9.17) is 4.74 Å². The number of benzene rings is 2. The molecule has 0 atom stereocenters. The monoisotopic (exact) mass is 468 g/mol. The second kappa shape index (κ2) is 9.11. The molecule has 1 aliphatic rings. The number of fused-ring (bicyclic) bond motifs is 1. The number of sulfonamides is 1. The van der Waals surface area contributed by atoms with Gasteiger partial charge in [0.2, 0.25) is 0 Å². The molecule has 1 aliphatic heterocycles. The SMILES string of the molecule is COc1ccc(CCNC(=O)c2ccc3c(c2)S(=O)(=O)N(C(C)C)C3=O)cc1OC(F)F. The first-order valence-corrected chi connectivity index (χ1v) is 11.1. The fraction of sp³-hybridized carbons (Fsp3) is 0.333. The largest absolute Gasteiger partial charge is 0.493 e. The molecule has 2 aromatic rings. The Hall–Kier alpha value is -3.21. The van der Waals surface area contributed by atoms with E-state index in [-0.39, 0.29) is 34.1 Å². The van der Waals surface area contributed by atoms with Crippen LogP contribution in [0.2, 0.25) is 0 Å². The summed E-state index contributed by atoms with van der Waals surface area (Å²) in [6.45, 7) is 0.325. The highest BCUT2D eigenvalue weighted by Crippen LogP contribution is 2.33. The third-order valence-corrected chi connectivity index (χ3v) is 6.82. The maximum absolute atomic E-state index is 12.7. The molecule has 8 nitrogen and oxygen atoms in total. The number of hydrogen-bond donors (Lipinski definition) is 1. The maximum Gasteiger partial charge on any atom is 0.387 e. The van der Waals surface area contributed by atoms with Crippen LogP contribution in [0, 0.1) is 0 Å². The summed E-state index contributed by atoms with van der Waals surface area (Å²) >= 11 is 0. The molecule has 0 fully saturated rings. The van der Waals surface area contributed by atoms with Gasteiger partial charge in [-0.15, -0.1) is 0 Å². The number of amides is 2. The van der Waals surface area contributed by atoms with Crippen molar-refractivity contribution in [2.75, 3.05) is 13.7 Å². The third-order valence-electron chi connectivity index (χ3n) is 4.82. The van der Waals surface area contributed by atoms with Crippen molar-refractivity contribution in [3.63, 3.8) is 0 Å². The van der Waals surface area contributed by atoms with Crippen LogP contribution in [0.1, 0.15) is 40.1 Å². The number of halogens is 2. The average molecular weight is 468 g/mol. The zero-order valence-electron chi connectivity index (χ0n) is 17.6. The Labute approximate surface area is 184 Å². The molecule has 1 heterocycles. The van der Waals surface area contributed by atoms with Crippen molar-refractivity contribution in [1.29, 1.82) is 0 Å². The van der Waals surface area contributed by atoms with Crippen molar-refractivity contribution in [3.8, 4) is 11.5 Å². The van der Waals surface area contributed by atoms with Crippen LogP contribution < -0.4 is 14.8 Å². The summed E-state index contributed by atoms with van der Waals surface area (Å²) in [6.07, 6.45) is 0.304. The number of hydrogen-bond acceptors (Lipinski definition) is 6. The Morgan fingerprint density at radius 2 is 1.84 bits per heavy atom. The van der Waals surface area contributed by atoms with Crippen molar-refractivity contribution in [2.45, 2.75) is 37.8 Å². The lowest BCUT2D eigenvalue weighted by molar-refractivity contribution is -0.0512. The molecule has 3 rings (SSSR count). The lowest BCUT2D eigenvalue weighted by atomic mass is 10.1. The highest BCUT2D eigenvalue weighted by molar-refractivity contribution is 7.90. The zero-order valence-corrected chi connectivity index (χ0v) is 18.4. The quantitative estimate of drug-likeness (QED) is 0.639. The Morgan fingerprint density at radius 1 is 1.12 bits per heavy atom. The lowest BCUT2D eigenvalue weighted by Crippen LogP contribution is -2.36. The Bertz CT molecular complexity index is 1150. The van der Waals surface area contributed by atoms with E-state index < -0.39 is 34.5 Å². The second-order valence-corrected chi connectivity index (χ2v) is 9.06. The molecule has 0 radical (unpaired) electrons. The van der Waals surface area contributed by atoms with Gasteiger partial charge in [-0.1, -0.05) is 6.07 Å². The summed E-state index contributed by atoms with van der Waals surface area (Å²) in [5.74, 6) is -1.11. The zero-order chi connectivity index (χ0) is 23.6. The van der Waals surface area contributed by atoms with Gasteiger partial charge in [0, 0.05) is 18.2 Å². The van der Waals surface area contributed by atoms with Crippen LogP contribution in [-0.2, 0) is 16.4 Å². The van der Waals surface area contributed by atoms with Gasteiger partial charge < -0.3 is 14.8 Å². The first-order chi connectivity index (χ1) is 15.1. The van der Waals surface area contributed by atoms with E-state index in [9.17, 15) is 26.8 Å². The lowest BCUT2D eigenvalue weighted by Gasteiger charge is -2.18. The fourth-order valence-corrected chi connectivity index (χ4v) is 5.18. The molecule has 0 spiro atoms. The average Bonchev–Trinajstić information content (AvgIpc) is 2.92. The fourth-order valence-electron chi connectivity index (χ4n) is 3.39. The van der Waals surface area contributed by atoms with E-state index in [1.165, 1.54) is 37.4 Å². The van der Waals surface area contributed by atoms with Crippen molar-refractivity contribution in [3.05, 3.63) is 53.1 Å². The van der Waals surface area contributed by atoms with Gasteiger partial charge in [0.1, 0.15) is 4.90 Å². The molecule has 172 valence electrons. The van der Waals surface area contributed by atoms with Gasteiger partial charge in [-0.05, 0) is 56.2 Å². The van der Waals surface area contributed by atoms with E-state index >= 15 is 0 Å². The van der Waals surface area contributed by atoms with E-state index in [0.717, 1.165) is 4.31 Å². The standard InChI is InChI=1S/C21H22F2N2O6S/c1-12(2)25-20(27)15-6-5-14(11-18(15)32(25,28)29)19(26)24-9-8-13-4-7-16(30-3)17(10-13)31-21(22)23/h4-7,10-12,21H,8-9H2,1-3H3,(H,24,26). The summed E-state index contributed by atoms with van der Waals surface area (Å²) in [7, 11) is -2.69. The minimum absolute atomic E-state index is 0.0278. The molecule has 0 saturated carbocycles. The smallest absolute Gasteiger partial charge is 0.387 e. The van der Waals surface area contributed by atoms with Crippen LogP contribution in [0.4, 0.5) is 8.78 Å². The molecule has 0 bridgehead atoms. The Morgan fingerprint density at radius 3 is 2.47 bits per heavy atom. The molecule has 0 aromatic heterocycles. The molecular formula is C21H22F2N2O6S. The van der Waals surface area contributed by atoms with Gasteiger partial charge in [0.25, 0.3) is 21.8 Å². The first kappa shape index (κ1) is 23.5. The predicted octanol–water partition coefficient (Wildman–Crippen LogP) is 2.82. The highest BCUT2D eigenvalue weighted by atomic mass is 32.2. The van der Waals surface area contributed by atoms with Crippen LogP contribution >= 0.6 is 0 Å². The Kier molecular flexibility index (Phi) is 6.68.